The van der Waals surface area contributed by atoms with Crippen molar-refractivity contribution in [3.05, 3.63) is 36.2 Å². The number of carbonyl (C=O) groups is 1. The number of alkyl halides is 3. The number of nitrogens with two attached hydrogens (primary N) is 1. The van der Waals surface area contributed by atoms with Crippen LogP contribution in [0.25, 0.3) is 5.82 Å². The van der Waals surface area contributed by atoms with Gasteiger partial charge in [0.2, 0.25) is 11.8 Å². The summed E-state index contributed by atoms with van der Waals surface area (Å²) in [5.41, 5.74) is 3.63. The van der Waals surface area contributed by atoms with Crippen LogP contribution in [-0.4, -0.2) is 33.5 Å². The standard InChI is InChI=1S/C14H13F3N4O2/c15-14(16,17)13(4-5-13)8-23-11-3-6-21(20-11)10-2-1-9(7-19-10)12(18)22/h1-3,6-7H,4-5,8H2,(H2,18,22). The molecule has 2 heterocycles. The number of primary amides is 1. The Morgan fingerprint density at radius 3 is 2.61 bits per heavy atom. The van der Waals surface area contributed by atoms with Crippen molar-refractivity contribution in [3.63, 3.8) is 0 Å². The largest absolute Gasteiger partial charge is 0.476 e. The molecule has 9 heteroatoms. The van der Waals surface area contributed by atoms with Crippen molar-refractivity contribution in [1.29, 1.82) is 0 Å². The van der Waals surface area contributed by atoms with Crippen LogP contribution in [-0.2, 0) is 0 Å². The van der Waals surface area contributed by atoms with Crippen molar-refractivity contribution in [2.75, 3.05) is 6.61 Å². The summed E-state index contributed by atoms with van der Waals surface area (Å²) in [5, 5.41) is 4.02. The van der Waals surface area contributed by atoms with Crippen molar-refractivity contribution in [3.8, 4) is 11.7 Å². The fourth-order valence-corrected chi connectivity index (χ4v) is 2.05. The minimum Gasteiger partial charge on any atom is -0.476 e. The van der Waals surface area contributed by atoms with E-state index in [0.29, 0.717) is 5.82 Å². The number of hydrogen-bond donors (Lipinski definition) is 1. The number of amides is 1. The summed E-state index contributed by atoms with van der Waals surface area (Å²) < 4.78 is 45.0. The summed E-state index contributed by atoms with van der Waals surface area (Å²) in [4.78, 5) is 15.0. The van der Waals surface area contributed by atoms with E-state index in [0.717, 1.165) is 0 Å². The molecule has 1 fully saturated rings. The van der Waals surface area contributed by atoms with Gasteiger partial charge in [0.1, 0.15) is 12.0 Å². The highest BCUT2D eigenvalue weighted by Crippen LogP contribution is 2.57. The Bertz CT molecular complexity index is 720. The highest BCUT2D eigenvalue weighted by Gasteiger charge is 2.63. The topological polar surface area (TPSA) is 83.0 Å². The van der Waals surface area contributed by atoms with Crippen LogP contribution >= 0.6 is 0 Å². The predicted molar refractivity (Wildman–Crippen MR) is 73.1 cm³/mol. The number of aromatic nitrogens is 3. The average molecular weight is 326 g/mol. The molecule has 0 bridgehead atoms. The lowest BCUT2D eigenvalue weighted by atomic mass is 10.1. The first-order chi connectivity index (χ1) is 10.8. The number of nitrogens with zero attached hydrogens (tertiary/aromatic N) is 3. The molecule has 2 N–H and O–H groups in total. The number of hydrogen-bond acceptors (Lipinski definition) is 4. The van der Waals surface area contributed by atoms with Crippen LogP contribution in [0.4, 0.5) is 13.2 Å². The molecule has 1 saturated carbocycles. The second-order valence-electron chi connectivity index (χ2n) is 5.43. The maximum atomic E-state index is 12.8. The number of ether oxygens (including phenoxy) is 1. The molecule has 1 amide bonds. The van der Waals surface area contributed by atoms with Gasteiger partial charge in [0.05, 0.1) is 5.56 Å². The first kappa shape index (κ1) is 15.3. The first-order valence-corrected chi connectivity index (χ1v) is 6.82. The van der Waals surface area contributed by atoms with Crippen molar-refractivity contribution in [2.24, 2.45) is 11.1 Å². The molecule has 0 radical (unpaired) electrons. The van der Waals surface area contributed by atoms with E-state index in [2.05, 4.69) is 10.1 Å². The Hall–Kier alpha value is -2.58. The molecular formula is C14H13F3N4O2. The molecule has 122 valence electrons. The second kappa shape index (κ2) is 5.25. The predicted octanol–water partition coefficient (Wildman–Crippen LogP) is 2.09. The van der Waals surface area contributed by atoms with Gasteiger partial charge in [-0.1, -0.05) is 0 Å². The smallest absolute Gasteiger partial charge is 0.397 e. The third kappa shape index (κ3) is 2.99. The molecule has 2 aromatic rings. The monoisotopic (exact) mass is 326 g/mol. The highest BCUT2D eigenvalue weighted by molar-refractivity contribution is 5.92. The van der Waals surface area contributed by atoms with Gasteiger partial charge in [0.25, 0.3) is 0 Å². The van der Waals surface area contributed by atoms with Crippen LogP contribution < -0.4 is 10.5 Å². The van der Waals surface area contributed by atoms with Crippen LogP contribution in [0.1, 0.15) is 23.2 Å². The molecule has 2 aromatic heterocycles. The number of rotatable bonds is 5. The number of carbonyl (C=O) groups excluding carboxylic acids is 1. The van der Waals surface area contributed by atoms with E-state index in [1.54, 1.807) is 0 Å². The Morgan fingerprint density at radius 2 is 2.09 bits per heavy atom. The maximum absolute atomic E-state index is 12.8. The molecule has 6 nitrogen and oxygen atoms in total. The lowest BCUT2D eigenvalue weighted by Gasteiger charge is -2.18. The molecular weight excluding hydrogens is 313 g/mol. The molecule has 0 aliphatic heterocycles. The molecule has 0 atom stereocenters. The van der Waals surface area contributed by atoms with E-state index in [1.165, 1.54) is 35.3 Å². The zero-order chi connectivity index (χ0) is 16.7. The summed E-state index contributed by atoms with van der Waals surface area (Å²) in [6.45, 7) is -0.443. The molecule has 1 aliphatic carbocycles. The number of pyridine rings is 1. The van der Waals surface area contributed by atoms with Gasteiger partial charge < -0.3 is 10.5 Å². The molecule has 23 heavy (non-hydrogen) atoms. The van der Waals surface area contributed by atoms with Gasteiger partial charge in [0.15, 0.2) is 5.82 Å². The van der Waals surface area contributed by atoms with Crippen molar-refractivity contribution < 1.29 is 22.7 Å². The Balaban J connectivity index is 1.68. The lowest BCUT2D eigenvalue weighted by Crippen LogP contribution is -2.30. The average Bonchev–Trinajstić information content (AvgIpc) is 3.17. The normalized spacial score (nSPS) is 16.1. The molecule has 0 spiro atoms. The van der Waals surface area contributed by atoms with Crippen LogP contribution in [0.15, 0.2) is 30.6 Å². The maximum Gasteiger partial charge on any atom is 0.397 e. The van der Waals surface area contributed by atoms with Gasteiger partial charge in [-0.2, -0.15) is 13.2 Å². The van der Waals surface area contributed by atoms with Gasteiger partial charge in [0, 0.05) is 18.5 Å². The van der Waals surface area contributed by atoms with Gasteiger partial charge in [-0.15, -0.1) is 5.10 Å². The second-order valence-corrected chi connectivity index (χ2v) is 5.43. The molecule has 0 aromatic carbocycles. The molecule has 3 rings (SSSR count). The molecule has 0 unspecified atom stereocenters. The van der Waals surface area contributed by atoms with E-state index in [4.69, 9.17) is 10.5 Å². The van der Waals surface area contributed by atoms with Crippen LogP contribution in [0.5, 0.6) is 5.88 Å². The van der Waals surface area contributed by atoms with Crippen LogP contribution in [0, 0.1) is 5.41 Å². The van der Waals surface area contributed by atoms with Crippen LogP contribution in [0.2, 0.25) is 0 Å². The lowest BCUT2D eigenvalue weighted by molar-refractivity contribution is -0.194. The quantitative estimate of drug-likeness (QED) is 0.912. The van der Waals surface area contributed by atoms with Crippen molar-refractivity contribution in [2.45, 2.75) is 19.0 Å². The van der Waals surface area contributed by atoms with Gasteiger partial charge >= 0.3 is 6.18 Å². The fourth-order valence-electron chi connectivity index (χ4n) is 2.05. The SMILES string of the molecule is NC(=O)c1ccc(-n2ccc(OCC3(C(F)(F)F)CC3)n2)nc1. The van der Waals surface area contributed by atoms with Crippen LogP contribution in [0.3, 0.4) is 0 Å². The summed E-state index contributed by atoms with van der Waals surface area (Å²) in [6, 6.07) is 4.46. The van der Waals surface area contributed by atoms with Gasteiger partial charge in [-0.3, -0.25) is 4.79 Å². The van der Waals surface area contributed by atoms with E-state index >= 15 is 0 Å². The summed E-state index contributed by atoms with van der Waals surface area (Å²) in [5.74, 6) is -0.126. The van der Waals surface area contributed by atoms with E-state index in [-0.39, 0.29) is 24.3 Å². The Morgan fingerprint density at radius 1 is 1.35 bits per heavy atom. The molecule has 0 saturated heterocycles. The third-order valence-corrected chi connectivity index (χ3v) is 3.78. The Labute approximate surface area is 129 Å². The minimum absolute atomic E-state index is 0.0767. The molecule has 1 aliphatic rings. The van der Waals surface area contributed by atoms with Crippen molar-refractivity contribution in [1.82, 2.24) is 14.8 Å². The van der Waals surface area contributed by atoms with E-state index in [9.17, 15) is 18.0 Å². The van der Waals surface area contributed by atoms with Gasteiger partial charge in [-0.05, 0) is 25.0 Å². The van der Waals surface area contributed by atoms with E-state index in [1.807, 2.05) is 0 Å². The van der Waals surface area contributed by atoms with Gasteiger partial charge in [-0.25, -0.2) is 9.67 Å². The Kier molecular flexibility index (Phi) is 3.50. The highest BCUT2D eigenvalue weighted by atomic mass is 19.4. The minimum atomic E-state index is -4.26. The van der Waals surface area contributed by atoms with Crippen molar-refractivity contribution >= 4 is 5.91 Å². The van der Waals surface area contributed by atoms with E-state index < -0.39 is 24.1 Å². The third-order valence-electron chi connectivity index (χ3n) is 3.78. The summed E-state index contributed by atoms with van der Waals surface area (Å²) >= 11 is 0. The fraction of sp³-hybridized carbons (Fsp3) is 0.357. The first-order valence-electron chi connectivity index (χ1n) is 6.82. The zero-order valence-electron chi connectivity index (χ0n) is 11.9. The zero-order valence-corrected chi connectivity index (χ0v) is 11.9. The number of halogens is 3. The summed E-state index contributed by atoms with van der Waals surface area (Å²) in [6.07, 6.45) is -1.31. The summed E-state index contributed by atoms with van der Waals surface area (Å²) in [7, 11) is 0.